The summed E-state index contributed by atoms with van der Waals surface area (Å²) < 4.78 is 5.50. The quantitative estimate of drug-likeness (QED) is 0.897. The number of nitrogens with one attached hydrogen (secondary N) is 1. The minimum absolute atomic E-state index is 0.117. The number of carbonyl (C=O) groups is 1. The molecule has 22 heavy (non-hydrogen) atoms. The number of rotatable bonds is 3. The van der Waals surface area contributed by atoms with Crippen LogP contribution < -0.4 is 11.1 Å². The molecule has 1 aliphatic heterocycles. The summed E-state index contributed by atoms with van der Waals surface area (Å²) in [7, 11) is 0. The highest BCUT2D eigenvalue weighted by atomic mass is 16.6. The van der Waals surface area contributed by atoms with Crippen molar-refractivity contribution >= 4 is 17.7 Å². The molecule has 0 unspecified atom stereocenters. The van der Waals surface area contributed by atoms with Crippen LogP contribution in [0.2, 0.25) is 0 Å². The summed E-state index contributed by atoms with van der Waals surface area (Å²) in [6, 6.07) is 5.60. The van der Waals surface area contributed by atoms with Gasteiger partial charge in [0.1, 0.15) is 17.2 Å². The van der Waals surface area contributed by atoms with E-state index in [0.29, 0.717) is 12.4 Å². The summed E-state index contributed by atoms with van der Waals surface area (Å²) in [4.78, 5) is 18.4. The molecule has 0 bridgehead atoms. The van der Waals surface area contributed by atoms with Gasteiger partial charge in [-0.15, -0.1) is 0 Å². The highest BCUT2D eigenvalue weighted by molar-refractivity contribution is 5.68. The average Bonchev–Trinajstić information content (AvgIpc) is 2.44. The zero-order valence-electron chi connectivity index (χ0n) is 13.6. The molecule has 0 saturated carbocycles. The Kier molecular flexibility index (Phi) is 5.11. The monoisotopic (exact) mass is 306 g/mol. The highest BCUT2D eigenvalue weighted by Crippen LogP contribution is 2.21. The van der Waals surface area contributed by atoms with Crippen molar-refractivity contribution in [3.63, 3.8) is 0 Å². The van der Waals surface area contributed by atoms with Gasteiger partial charge in [0.25, 0.3) is 0 Å². The molecule has 1 aliphatic rings. The lowest BCUT2D eigenvalue weighted by Gasteiger charge is -2.36. The first-order chi connectivity index (χ1) is 10.3. The van der Waals surface area contributed by atoms with Crippen LogP contribution in [-0.4, -0.2) is 40.7 Å². The van der Waals surface area contributed by atoms with Gasteiger partial charge in [-0.3, -0.25) is 0 Å². The van der Waals surface area contributed by atoms with Crippen LogP contribution in [0.15, 0.2) is 18.2 Å². The normalized spacial score (nSPS) is 18.9. The van der Waals surface area contributed by atoms with Crippen molar-refractivity contribution < 1.29 is 9.53 Å². The molecule has 1 saturated heterocycles. The molecular formula is C16H26N4O2. The third kappa shape index (κ3) is 4.79. The Hall–Kier alpha value is -1.98. The molecule has 0 radical (unpaired) electrons. The molecule has 2 rings (SSSR count). The summed E-state index contributed by atoms with van der Waals surface area (Å²) >= 11 is 0. The van der Waals surface area contributed by atoms with Crippen molar-refractivity contribution in [3.05, 3.63) is 18.2 Å². The molecule has 1 aromatic rings. The number of hydrogen-bond acceptors (Lipinski definition) is 5. The van der Waals surface area contributed by atoms with Gasteiger partial charge in [-0.05, 0) is 52.2 Å². The van der Waals surface area contributed by atoms with Crippen molar-refractivity contribution in [1.82, 2.24) is 9.88 Å². The largest absolute Gasteiger partial charge is 0.444 e. The van der Waals surface area contributed by atoms with Crippen LogP contribution in [0.1, 0.15) is 40.0 Å². The SMILES string of the molecule is CC(C)(C)OC(=O)N1CCCC[C@H]1CNc1cccc(N)n1. The maximum atomic E-state index is 12.3. The number of pyridine rings is 1. The van der Waals surface area contributed by atoms with E-state index < -0.39 is 5.60 Å². The summed E-state index contributed by atoms with van der Waals surface area (Å²) in [5.74, 6) is 1.22. The third-order valence-corrected chi connectivity index (χ3v) is 3.54. The first-order valence-electron chi connectivity index (χ1n) is 7.81. The Balaban J connectivity index is 1.96. The summed E-state index contributed by atoms with van der Waals surface area (Å²) in [6.07, 6.45) is 2.87. The number of piperidine rings is 1. The minimum atomic E-state index is -0.470. The van der Waals surface area contributed by atoms with Crippen molar-refractivity contribution in [1.29, 1.82) is 0 Å². The number of nitrogens with two attached hydrogens (primary N) is 1. The number of likely N-dealkylation sites (tertiary alicyclic amines) is 1. The average molecular weight is 306 g/mol. The van der Waals surface area contributed by atoms with Crippen LogP contribution in [0, 0.1) is 0 Å². The van der Waals surface area contributed by atoms with Gasteiger partial charge in [0.15, 0.2) is 0 Å². The van der Waals surface area contributed by atoms with Gasteiger partial charge in [0, 0.05) is 13.1 Å². The van der Waals surface area contributed by atoms with Crippen LogP contribution in [0.3, 0.4) is 0 Å². The number of aromatic nitrogens is 1. The first kappa shape index (κ1) is 16.4. The van der Waals surface area contributed by atoms with E-state index in [-0.39, 0.29) is 12.1 Å². The van der Waals surface area contributed by atoms with E-state index in [1.54, 1.807) is 6.07 Å². The van der Waals surface area contributed by atoms with Gasteiger partial charge in [-0.2, -0.15) is 0 Å². The molecule has 1 aromatic heterocycles. The molecule has 0 aromatic carbocycles. The van der Waals surface area contributed by atoms with Gasteiger partial charge in [0.05, 0.1) is 6.04 Å². The first-order valence-corrected chi connectivity index (χ1v) is 7.81. The maximum Gasteiger partial charge on any atom is 0.410 e. The van der Waals surface area contributed by atoms with E-state index in [1.807, 2.05) is 37.8 Å². The lowest BCUT2D eigenvalue weighted by molar-refractivity contribution is 0.0114. The smallest absolute Gasteiger partial charge is 0.410 e. The van der Waals surface area contributed by atoms with Gasteiger partial charge in [-0.25, -0.2) is 9.78 Å². The Morgan fingerprint density at radius 2 is 2.23 bits per heavy atom. The van der Waals surface area contributed by atoms with Crippen LogP contribution in [0.4, 0.5) is 16.4 Å². The van der Waals surface area contributed by atoms with Gasteiger partial charge in [0.2, 0.25) is 0 Å². The zero-order valence-corrected chi connectivity index (χ0v) is 13.6. The molecule has 0 aliphatic carbocycles. The second-order valence-corrected chi connectivity index (χ2v) is 6.65. The molecule has 6 heteroatoms. The number of ether oxygens (including phenoxy) is 1. The Morgan fingerprint density at radius 3 is 2.91 bits per heavy atom. The van der Waals surface area contributed by atoms with Crippen molar-refractivity contribution in [3.8, 4) is 0 Å². The molecule has 1 fully saturated rings. The zero-order chi connectivity index (χ0) is 16.2. The van der Waals surface area contributed by atoms with Gasteiger partial charge in [-0.1, -0.05) is 6.07 Å². The molecule has 3 N–H and O–H groups in total. The number of nitrogen functional groups attached to an aromatic ring is 1. The lowest BCUT2D eigenvalue weighted by atomic mass is 10.0. The highest BCUT2D eigenvalue weighted by Gasteiger charge is 2.30. The summed E-state index contributed by atoms with van der Waals surface area (Å²) in [6.45, 7) is 7.05. The maximum absolute atomic E-state index is 12.3. The molecule has 1 amide bonds. The molecule has 2 heterocycles. The topological polar surface area (TPSA) is 80.5 Å². The predicted octanol–water partition coefficient (Wildman–Crippen LogP) is 2.87. The van der Waals surface area contributed by atoms with E-state index in [9.17, 15) is 4.79 Å². The fourth-order valence-corrected chi connectivity index (χ4v) is 2.55. The Labute approximate surface area is 132 Å². The van der Waals surface area contributed by atoms with Crippen LogP contribution >= 0.6 is 0 Å². The second kappa shape index (κ2) is 6.85. The van der Waals surface area contributed by atoms with E-state index in [0.717, 1.165) is 31.6 Å². The van der Waals surface area contributed by atoms with E-state index >= 15 is 0 Å². The minimum Gasteiger partial charge on any atom is -0.444 e. The van der Waals surface area contributed by atoms with Gasteiger partial charge < -0.3 is 20.7 Å². The standard InChI is InChI=1S/C16H26N4O2/c1-16(2,3)22-15(21)20-10-5-4-7-12(20)11-18-14-9-6-8-13(17)19-14/h6,8-9,12H,4-5,7,10-11H2,1-3H3,(H3,17,18,19)/t12-/m0/s1. The number of carbonyl (C=O) groups excluding carboxylic acids is 1. The molecule has 6 nitrogen and oxygen atoms in total. The summed E-state index contributed by atoms with van der Waals surface area (Å²) in [5, 5.41) is 3.26. The van der Waals surface area contributed by atoms with Crippen LogP contribution in [0.5, 0.6) is 0 Å². The second-order valence-electron chi connectivity index (χ2n) is 6.65. The van der Waals surface area contributed by atoms with Crippen LogP contribution in [-0.2, 0) is 4.74 Å². The fourth-order valence-electron chi connectivity index (χ4n) is 2.55. The van der Waals surface area contributed by atoms with E-state index in [4.69, 9.17) is 10.5 Å². The number of hydrogen-bond donors (Lipinski definition) is 2. The Morgan fingerprint density at radius 1 is 1.45 bits per heavy atom. The third-order valence-electron chi connectivity index (χ3n) is 3.54. The van der Waals surface area contributed by atoms with Gasteiger partial charge >= 0.3 is 6.09 Å². The molecule has 0 spiro atoms. The molecule has 122 valence electrons. The van der Waals surface area contributed by atoms with E-state index in [1.165, 1.54) is 0 Å². The molecule has 1 atom stereocenters. The molecular weight excluding hydrogens is 280 g/mol. The number of anilines is 2. The lowest BCUT2D eigenvalue weighted by Crippen LogP contribution is -2.48. The number of amides is 1. The van der Waals surface area contributed by atoms with Crippen molar-refractivity contribution in [2.24, 2.45) is 0 Å². The Bertz CT molecular complexity index is 513. The van der Waals surface area contributed by atoms with E-state index in [2.05, 4.69) is 10.3 Å². The number of nitrogens with zero attached hydrogens (tertiary/aromatic N) is 2. The van der Waals surface area contributed by atoms with Crippen molar-refractivity contribution in [2.75, 3.05) is 24.1 Å². The summed E-state index contributed by atoms with van der Waals surface area (Å²) in [5.41, 5.74) is 5.21. The van der Waals surface area contributed by atoms with Crippen molar-refractivity contribution in [2.45, 2.75) is 51.7 Å². The fraction of sp³-hybridized carbons (Fsp3) is 0.625. The predicted molar refractivity (Wildman–Crippen MR) is 87.7 cm³/mol. The van der Waals surface area contributed by atoms with Crippen LogP contribution in [0.25, 0.3) is 0 Å².